The lowest BCUT2D eigenvalue weighted by molar-refractivity contribution is -0.670. The van der Waals surface area contributed by atoms with E-state index in [1.165, 1.54) is 27.9 Å². The molecule has 4 heterocycles. The van der Waals surface area contributed by atoms with E-state index >= 15 is 0 Å². The first-order valence-electron chi connectivity index (χ1n) is 9.50. The van der Waals surface area contributed by atoms with Gasteiger partial charge in [0, 0.05) is 6.42 Å². The van der Waals surface area contributed by atoms with Gasteiger partial charge < -0.3 is 24.6 Å². The van der Waals surface area contributed by atoms with Crippen LogP contribution in [0.5, 0.6) is 0 Å². The zero-order chi connectivity index (χ0) is 24.8. The third kappa shape index (κ3) is 4.68. The Bertz CT molecular complexity index is 1340. The number of carbonyl (C=O) groups is 1. The van der Waals surface area contributed by atoms with Crippen molar-refractivity contribution in [2.75, 3.05) is 12.3 Å². The lowest BCUT2D eigenvalue weighted by Gasteiger charge is -2.23. The average molecular weight is 507 g/mol. The molecule has 0 bridgehead atoms. The summed E-state index contributed by atoms with van der Waals surface area (Å²) in [5.74, 6) is -2.73. The van der Waals surface area contributed by atoms with Crippen LogP contribution in [0.4, 0.5) is 19.1 Å². The van der Waals surface area contributed by atoms with Crippen molar-refractivity contribution in [3.05, 3.63) is 35.4 Å². The molecule has 1 saturated heterocycles. The van der Waals surface area contributed by atoms with E-state index in [1.807, 2.05) is 0 Å². The normalized spacial score (nSPS) is 22.7. The van der Waals surface area contributed by atoms with E-state index in [2.05, 4.69) is 19.7 Å². The van der Waals surface area contributed by atoms with Gasteiger partial charge in [-0.05, 0) is 0 Å². The number of carbonyl (C=O) groups excluding carboxylic acids is 1. The summed E-state index contributed by atoms with van der Waals surface area (Å²) in [5.41, 5.74) is 4.72. The number of alkyl halides is 3. The molecule has 0 aromatic carbocycles. The molecule has 4 rings (SSSR count). The molecule has 1 fully saturated rings. The molecule has 34 heavy (non-hydrogen) atoms. The van der Waals surface area contributed by atoms with Crippen molar-refractivity contribution in [3.8, 4) is 0 Å². The van der Waals surface area contributed by atoms with Gasteiger partial charge in [-0.25, -0.2) is 14.3 Å². The number of hydrogen-bond acceptors (Lipinski definition) is 10. The minimum Gasteiger partial charge on any atom is -0.742 e. The summed E-state index contributed by atoms with van der Waals surface area (Å²) in [6, 6.07) is 0. The van der Waals surface area contributed by atoms with Crippen molar-refractivity contribution in [1.29, 1.82) is 0 Å². The highest BCUT2D eigenvalue weighted by molar-refractivity contribution is 7.49. The van der Waals surface area contributed by atoms with Crippen LogP contribution in [0.2, 0.25) is 0 Å². The van der Waals surface area contributed by atoms with Gasteiger partial charge in [-0.1, -0.05) is 0 Å². The molecular formula is C16H17F3N7O7P. The number of esters is 1. The molecule has 0 radical (unpaired) electrons. The number of hydrogen-bond donors (Lipinski definition) is 2. The Hall–Kier alpha value is -3.27. The second kappa shape index (κ2) is 8.50. The summed E-state index contributed by atoms with van der Waals surface area (Å²) in [7, 11) is -3.13. The van der Waals surface area contributed by atoms with Gasteiger partial charge in [-0.3, -0.25) is 18.9 Å². The molecule has 0 aliphatic carbocycles. The zero-order valence-corrected chi connectivity index (χ0v) is 18.1. The number of ether oxygens (including phenoxy) is 2. The Morgan fingerprint density at radius 3 is 2.88 bits per heavy atom. The molecule has 184 valence electrons. The van der Waals surface area contributed by atoms with E-state index in [-0.39, 0.29) is 23.5 Å². The maximum Gasteiger partial charge on any atom is 0.490 e. The fraction of sp³-hybridized carbons (Fsp3) is 0.438. The number of imidazole rings is 2. The summed E-state index contributed by atoms with van der Waals surface area (Å²) in [5, 5.41) is 0. The van der Waals surface area contributed by atoms with Crippen molar-refractivity contribution in [1.82, 2.24) is 23.9 Å². The highest BCUT2D eigenvalue weighted by Gasteiger charge is 2.47. The van der Waals surface area contributed by atoms with Crippen molar-refractivity contribution in [3.63, 3.8) is 0 Å². The number of aromatic nitrogens is 6. The quantitative estimate of drug-likeness (QED) is 0.241. The van der Waals surface area contributed by atoms with E-state index < -0.39 is 50.5 Å². The van der Waals surface area contributed by atoms with Crippen LogP contribution in [-0.2, 0) is 30.4 Å². The van der Waals surface area contributed by atoms with Crippen LogP contribution in [0, 0.1) is 0 Å². The SMILES string of the molecule is C[n+]1ccn(P(=O)([O-])OCC2OC(n3cnc4c(=O)[nH]c(N)nc43)CC2OC(=O)C(F)(F)F)c1. The Morgan fingerprint density at radius 2 is 2.24 bits per heavy atom. The van der Waals surface area contributed by atoms with E-state index in [4.69, 9.17) is 15.0 Å². The predicted octanol–water partition coefficient (Wildman–Crippen LogP) is -0.877. The number of aromatic amines is 1. The van der Waals surface area contributed by atoms with E-state index in [0.29, 0.717) is 0 Å². The lowest BCUT2D eigenvalue weighted by Crippen LogP contribution is -2.36. The number of halogens is 3. The highest BCUT2D eigenvalue weighted by atomic mass is 31.2. The maximum atomic E-state index is 12.8. The minimum atomic E-state index is -5.29. The number of aryl methyl sites for hydroxylation is 1. The number of nitrogens with one attached hydrogen (secondary N) is 1. The molecule has 3 N–H and O–H groups in total. The lowest BCUT2D eigenvalue weighted by atomic mass is 10.2. The summed E-state index contributed by atoms with van der Waals surface area (Å²) in [6.45, 7) is -0.766. The van der Waals surface area contributed by atoms with Crippen molar-refractivity contribution < 1.29 is 46.0 Å². The van der Waals surface area contributed by atoms with Crippen molar-refractivity contribution >= 4 is 30.8 Å². The van der Waals surface area contributed by atoms with Crippen LogP contribution >= 0.6 is 7.75 Å². The molecule has 1 aliphatic heterocycles. The fourth-order valence-corrected chi connectivity index (χ4v) is 4.30. The molecule has 0 saturated carbocycles. The van der Waals surface area contributed by atoms with E-state index in [0.717, 1.165) is 10.7 Å². The number of fused-ring (bicyclic) bond motifs is 1. The van der Waals surface area contributed by atoms with Gasteiger partial charge >= 0.3 is 19.9 Å². The van der Waals surface area contributed by atoms with Gasteiger partial charge in [0.1, 0.15) is 30.8 Å². The van der Waals surface area contributed by atoms with Gasteiger partial charge in [0.2, 0.25) is 12.3 Å². The molecule has 1 aliphatic rings. The number of anilines is 1. The maximum absolute atomic E-state index is 12.8. The van der Waals surface area contributed by atoms with Crippen LogP contribution in [-0.4, -0.2) is 54.8 Å². The fourth-order valence-electron chi connectivity index (χ4n) is 3.32. The Kier molecular flexibility index (Phi) is 5.97. The topological polar surface area (TPSA) is 183 Å². The second-order valence-corrected chi connectivity index (χ2v) is 8.96. The van der Waals surface area contributed by atoms with Crippen LogP contribution < -0.4 is 20.8 Å². The van der Waals surface area contributed by atoms with E-state index in [9.17, 15) is 32.2 Å². The highest BCUT2D eigenvalue weighted by Crippen LogP contribution is 2.41. The molecule has 3 aromatic heterocycles. The predicted molar refractivity (Wildman–Crippen MR) is 102 cm³/mol. The van der Waals surface area contributed by atoms with E-state index in [1.54, 1.807) is 7.05 Å². The number of nitrogen functional groups attached to an aromatic ring is 1. The average Bonchev–Trinajstić information content (AvgIpc) is 3.44. The van der Waals surface area contributed by atoms with Gasteiger partial charge in [0.25, 0.3) is 5.56 Å². The largest absolute Gasteiger partial charge is 0.742 e. The molecule has 3 aromatic rings. The molecule has 18 heteroatoms. The van der Waals surface area contributed by atoms with Crippen LogP contribution in [0.15, 0.2) is 29.8 Å². The first-order valence-corrected chi connectivity index (χ1v) is 11.0. The summed E-state index contributed by atoms with van der Waals surface area (Å²) in [4.78, 5) is 45.9. The molecule has 14 nitrogen and oxygen atoms in total. The minimum absolute atomic E-state index is 0.0388. The third-order valence-corrected chi connectivity index (χ3v) is 6.15. The molecule has 0 spiro atoms. The third-order valence-electron chi connectivity index (χ3n) is 4.87. The molecule has 0 amide bonds. The van der Waals surface area contributed by atoms with Gasteiger partial charge in [0.15, 0.2) is 11.2 Å². The van der Waals surface area contributed by atoms with Crippen LogP contribution in [0.3, 0.4) is 0 Å². The molecular weight excluding hydrogens is 490 g/mol. The van der Waals surface area contributed by atoms with Gasteiger partial charge in [-0.15, -0.1) is 0 Å². The number of H-pyrrole nitrogens is 1. The molecule has 4 unspecified atom stereocenters. The van der Waals surface area contributed by atoms with Crippen molar-refractivity contribution in [2.45, 2.75) is 31.0 Å². The number of nitrogens with two attached hydrogens (primary N) is 1. The Balaban J connectivity index is 1.59. The zero-order valence-electron chi connectivity index (χ0n) is 17.2. The van der Waals surface area contributed by atoms with Crippen LogP contribution in [0.1, 0.15) is 12.6 Å². The van der Waals surface area contributed by atoms with Crippen LogP contribution in [0.25, 0.3) is 11.2 Å². The summed E-state index contributed by atoms with van der Waals surface area (Å²) in [6.07, 6.45) is -4.78. The Labute approximate surface area is 187 Å². The molecule has 4 atom stereocenters. The monoisotopic (exact) mass is 507 g/mol. The van der Waals surface area contributed by atoms with Gasteiger partial charge in [0.05, 0.1) is 20.0 Å². The number of rotatable bonds is 6. The van der Waals surface area contributed by atoms with Crippen molar-refractivity contribution in [2.24, 2.45) is 7.05 Å². The standard InChI is InChI=1S/C16H17F3N7O7P/c1-24-2-3-25(7-24)34(29,30)31-5-9-8(33-14(28)16(17,18)19)4-10(32-9)26-6-21-11-12(26)22-15(20)23-13(11)27/h2-3,6-10H,4-5H2,1H3,(H3-,20,22,23,27,29,30). The first kappa shape index (κ1) is 23.9. The second-order valence-electron chi connectivity index (χ2n) is 7.31. The van der Waals surface area contributed by atoms with Gasteiger partial charge in [-0.2, -0.15) is 22.5 Å². The summed E-state index contributed by atoms with van der Waals surface area (Å²) < 4.78 is 69.2. The number of nitrogens with zero attached hydrogens (tertiary/aromatic N) is 5. The first-order chi connectivity index (χ1) is 15.8. The smallest absolute Gasteiger partial charge is 0.490 e. The summed E-state index contributed by atoms with van der Waals surface area (Å²) >= 11 is 0. The Morgan fingerprint density at radius 1 is 1.50 bits per heavy atom.